The molecule has 0 unspecified atom stereocenters. The average molecular weight is 390 g/mol. The maximum absolute atomic E-state index is 13.0. The topological polar surface area (TPSA) is 66.3 Å². The number of aryl methyl sites for hydroxylation is 1. The minimum Gasteiger partial charge on any atom is -0.346 e. The molecule has 0 bridgehead atoms. The molecule has 1 fully saturated rings. The average Bonchev–Trinajstić information content (AvgIpc) is 2.99. The molecule has 0 aliphatic carbocycles. The Morgan fingerprint density at radius 2 is 1.72 bits per heavy atom. The summed E-state index contributed by atoms with van der Waals surface area (Å²) < 4.78 is 1.89. The second kappa shape index (κ2) is 8.45. The number of benzene rings is 1. The van der Waals surface area contributed by atoms with Gasteiger partial charge in [0, 0.05) is 62.1 Å². The number of hydrogen-bond donors (Lipinski definition) is 1. The smallest absolute Gasteiger partial charge is 0.270 e. The fourth-order valence-electron chi connectivity index (χ4n) is 3.54. The van der Waals surface area contributed by atoms with Crippen LogP contribution >= 0.6 is 0 Å². The van der Waals surface area contributed by atoms with Crippen LogP contribution < -0.4 is 5.32 Å². The molecule has 29 heavy (non-hydrogen) atoms. The predicted molar refractivity (Wildman–Crippen MR) is 114 cm³/mol. The lowest BCUT2D eigenvalue weighted by molar-refractivity contribution is 0.0753. The number of likely N-dealkylation sites (N-methyl/N-ethyl adjacent to an activating group) is 1. The van der Waals surface area contributed by atoms with Gasteiger partial charge in [0.1, 0.15) is 5.69 Å². The number of aromatic nitrogens is 3. The highest BCUT2D eigenvalue weighted by molar-refractivity contribution is 5.94. The summed E-state index contributed by atoms with van der Waals surface area (Å²) in [7, 11) is 4.01. The maximum Gasteiger partial charge on any atom is 0.270 e. The lowest BCUT2D eigenvalue weighted by Gasteiger charge is -2.20. The van der Waals surface area contributed by atoms with Gasteiger partial charge in [0.2, 0.25) is 5.95 Å². The van der Waals surface area contributed by atoms with Crippen molar-refractivity contribution in [3.8, 4) is 11.1 Å². The Kier molecular flexibility index (Phi) is 5.57. The van der Waals surface area contributed by atoms with Gasteiger partial charge in [-0.2, -0.15) is 0 Å². The molecule has 150 valence electrons. The number of carbonyl (C=O) groups is 1. The summed E-state index contributed by atoms with van der Waals surface area (Å²) in [4.78, 5) is 26.1. The van der Waals surface area contributed by atoms with Crippen molar-refractivity contribution in [3.63, 3.8) is 0 Å². The van der Waals surface area contributed by atoms with Crippen LogP contribution in [-0.4, -0.2) is 63.5 Å². The molecule has 1 aliphatic rings. The van der Waals surface area contributed by atoms with E-state index in [1.54, 1.807) is 12.4 Å². The van der Waals surface area contributed by atoms with Crippen LogP contribution in [0.15, 0.2) is 55.0 Å². The van der Waals surface area contributed by atoms with Crippen LogP contribution in [0.4, 0.5) is 11.6 Å². The summed E-state index contributed by atoms with van der Waals surface area (Å²) in [5, 5.41) is 3.18. The molecule has 1 aliphatic heterocycles. The molecule has 1 amide bonds. The largest absolute Gasteiger partial charge is 0.346 e. The first-order valence-corrected chi connectivity index (χ1v) is 9.89. The Labute approximate surface area is 171 Å². The van der Waals surface area contributed by atoms with Crippen LogP contribution in [0.5, 0.6) is 0 Å². The van der Waals surface area contributed by atoms with E-state index in [1.807, 2.05) is 59.1 Å². The van der Waals surface area contributed by atoms with Gasteiger partial charge in [-0.3, -0.25) is 4.79 Å². The van der Waals surface area contributed by atoms with Crippen molar-refractivity contribution in [2.24, 2.45) is 7.05 Å². The number of hydrogen-bond acceptors (Lipinski definition) is 5. The molecule has 3 aromatic rings. The summed E-state index contributed by atoms with van der Waals surface area (Å²) in [6.07, 6.45) is 6.52. The van der Waals surface area contributed by atoms with Gasteiger partial charge in [0.25, 0.3) is 5.91 Å². The quantitative estimate of drug-likeness (QED) is 0.742. The van der Waals surface area contributed by atoms with E-state index in [0.29, 0.717) is 11.6 Å². The van der Waals surface area contributed by atoms with E-state index in [-0.39, 0.29) is 5.91 Å². The Hall–Kier alpha value is -3.19. The Morgan fingerprint density at radius 3 is 2.48 bits per heavy atom. The van der Waals surface area contributed by atoms with Gasteiger partial charge in [-0.1, -0.05) is 18.2 Å². The number of para-hydroxylation sites is 1. The van der Waals surface area contributed by atoms with Crippen molar-refractivity contribution in [2.45, 2.75) is 6.42 Å². The first kappa shape index (κ1) is 19.1. The minimum atomic E-state index is 0.0809. The van der Waals surface area contributed by atoms with Crippen LogP contribution in [0.1, 0.15) is 16.9 Å². The molecular formula is C22H26N6O. The zero-order valence-electron chi connectivity index (χ0n) is 16.9. The number of nitrogens with zero attached hydrogens (tertiary/aromatic N) is 5. The summed E-state index contributed by atoms with van der Waals surface area (Å²) >= 11 is 0. The summed E-state index contributed by atoms with van der Waals surface area (Å²) in [6, 6.07) is 11.7. The monoisotopic (exact) mass is 390 g/mol. The lowest BCUT2D eigenvalue weighted by atomic mass is 10.2. The van der Waals surface area contributed by atoms with E-state index in [2.05, 4.69) is 27.2 Å². The zero-order chi connectivity index (χ0) is 20.2. The van der Waals surface area contributed by atoms with Gasteiger partial charge in [0.05, 0.1) is 0 Å². The van der Waals surface area contributed by atoms with E-state index in [1.165, 1.54) is 0 Å². The van der Waals surface area contributed by atoms with E-state index in [0.717, 1.165) is 49.4 Å². The normalized spacial score (nSPS) is 15.2. The van der Waals surface area contributed by atoms with Gasteiger partial charge in [-0.15, -0.1) is 0 Å². The third kappa shape index (κ3) is 4.46. The van der Waals surface area contributed by atoms with Crippen LogP contribution in [0.3, 0.4) is 0 Å². The highest BCUT2D eigenvalue weighted by Crippen LogP contribution is 2.23. The molecule has 0 atom stereocenters. The highest BCUT2D eigenvalue weighted by atomic mass is 16.2. The zero-order valence-corrected chi connectivity index (χ0v) is 16.9. The molecule has 4 rings (SSSR count). The molecule has 0 spiro atoms. The van der Waals surface area contributed by atoms with Gasteiger partial charge in [-0.25, -0.2) is 9.97 Å². The molecule has 1 N–H and O–H groups in total. The number of anilines is 2. The minimum absolute atomic E-state index is 0.0809. The van der Waals surface area contributed by atoms with Crippen molar-refractivity contribution < 1.29 is 4.79 Å². The third-order valence-corrected chi connectivity index (χ3v) is 5.25. The van der Waals surface area contributed by atoms with Crippen molar-refractivity contribution in [2.75, 3.05) is 38.5 Å². The number of amides is 1. The number of rotatable bonds is 4. The van der Waals surface area contributed by atoms with Crippen molar-refractivity contribution >= 4 is 17.5 Å². The maximum atomic E-state index is 13.0. The molecule has 0 radical (unpaired) electrons. The first-order chi connectivity index (χ1) is 14.1. The fraction of sp³-hybridized carbons (Fsp3) is 0.318. The second-order valence-corrected chi connectivity index (χ2v) is 7.46. The standard InChI is InChI=1S/C22H26N6O/c1-26-9-6-10-28(12-11-26)21(29)20-13-17(16-27(20)2)18-14-23-22(24-15-18)25-19-7-4-3-5-8-19/h3-5,7-8,13-16H,6,9-12H2,1-2H3,(H,23,24,25). The van der Waals surface area contributed by atoms with E-state index in [9.17, 15) is 4.79 Å². The molecule has 0 saturated carbocycles. The highest BCUT2D eigenvalue weighted by Gasteiger charge is 2.22. The molecule has 2 aromatic heterocycles. The lowest BCUT2D eigenvalue weighted by Crippen LogP contribution is -2.35. The van der Waals surface area contributed by atoms with Crippen LogP contribution in [0.2, 0.25) is 0 Å². The number of carbonyl (C=O) groups excluding carboxylic acids is 1. The molecule has 1 aromatic carbocycles. The van der Waals surface area contributed by atoms with Crippen LogP contribution in [0.25, 0.3) is 11.1 Å². The Morgan fingerprint density at radius 1 is 0.966 bits per heavy atom. The summed E-state index contributed by atoms with van der Waals surface area (Å²) in [6.45, 7) is 3.50. The Bertz CT molecular complexity index is 967. The fourth-order valence-corrected chi connectivity index (χ4v) is 3.54. The Balaban J connectivity index is 1.49. The molecular weight excluding hydrogens is 364 g/mol. The van der Waals surface area contributed by atoms with Gasteiger partial charge >= 0.3 is 0 Å². The van der Waals surface area contributed by atoms with E-state index in [4.69, 9.17) is 0 Å². The van der Waals surface area contributed by atoms with Gasteiger partial charge in [-0.05, 0) is 38.2 Å². The van der Waals surface area contributed by atoms with Crippen LogP contribution in [0, 0.1) is 0 Å². The molecule has 7 nitrogen and oxygen atoms in total. The summed E-state index contributed by atoms with van der Waals surface area (Å²) in [5.41, 5.74) is 3.45. The van der Waals surface area contributed by atoms with Gasteiger partial charge < -0.3 is 19.7 Å². The van der Waals surface area contributed by atoms with Gasteiger partial charge in [0.15, 0.2) is 0 Å². The summed E-state index contributed by atoms with van der Waals surface area (Å²) in [5.74, 6) is 0.623. The van der Waals surface area contributed by atoms with Crippen molar-refractivity contribution in [1.29, 1.82) is 0 Å². The predicted octanol–water partition coefficient (Wildman–Crippen LogP) is 3.00. The van der Waals surface area contributed by atoms with Crippen molar-refractivity contribution in [3.05, 3.63) is 60.7 Å². The molecule has 3 heterocycles. The second-order valence-electron chi connectivity index (χ2n) is 7.46. The number of nitrogens with one attached hydrogen (secondary N) is 1. The third-order valence-electron chi connectivity index (χ3n) is 5.25. The van der Waals surface area contributed by atoms with Crippen LogP contribution in [-0.2, 0) is 7.05 Å². The van der Waals surface area contributed by atoms with E-state index >= 15 is 0 Å². The van der Waals surface area contributed by atoms with Crippen molar-refractivity contribution in [1.82, 2.24) is 24.3 Å². The van der Waals surface area contributed by atoms with E-state index < -0.39 is 0 Å². The molecule has 1 saturated heterocycles. The molecule has 7 heteroatoms. The SMILES string of the molecule is CN1CCCN(C(=O)c2cc(-c3cnc(Nc4ccccc4)nc3)cn2C)CC1. The first-order valence-electron chi connectivity index (χ1n) is 9.89.